The maximum absolute atomic E-state index is 12.5. The average molecular weight is 333 g/mol. The van der Waals surface area contributed by atoms with Gasteiger partial charge in [0, 0.05) is 11.1 Å². The summed E-state index contributed by atoms with van der Waals surface area (Å²) >= 11 is 6.08. The van der Waals surface area contributed by atoms with Crippen LogP contribution in [-0.4, -0.2) is 27.1 Å². The third-order valence-corrected chi connectivity index (χ3v) is 3.63. The van der Waals surface area contributed by atoms with Crippen molar-refractivity contribution in [1.82, 2.24) is 0 Å². The van der Waals surface area contributed by atoms with Gasteiger partial charge < -0.3 is 14.2 Å². The van der Waals surface area contributed by atoms with E-state index in [0.717, 1.165) is 5.56 Å². The molecule has 0 saturated heterocycles. The molecule has 2 aromatic rings. The molecule has 120 valence electrons. The molecular weight excluding hydrogens is 316 g/mol. The number of benzene rings is 2. The van der Waals surface area contributed by atoms with Crippen molar-refractivity contribution in [3.05, 3.63) is 58.6 Å². The summed E-state index contributed by atoms with van der Waals surface area (Å²) in [6.45, 7) is 0. The van der Waals surface area contributed by atoms with Crippen LogP contribution in [0.5, 0.6) is 17.2 Å². The molecule has 4 nitrogen and oxygen atoms in total. The predicted molar refractivity (Wildman–Crippen MR) is 90.9 cm³/mol. The molecule has 23 heavy (non-hydrogen) atoms. The van der Waals surface area contributed by atoms with Gasteiger partial charge in [-0.1, -0.05) is 29.8 Å². The summed E-state index contributed by atoms with van der Waals surface area (Å²) in [5.41, 5.74) is 1.15. The van der Waals surface area contributed by atoms with Gasteiger partial charge in [0.1, 0.15) is 5.75 Å². The molecule has 0 aromatic heterocycles. The molecule has 0 radical (unpaired) electrons. The van der Waals surface area contributed by atoms with E-state index in [4.69, 9.17) is 25.8 Å². The van der Waals surface area contributed by atoms with Crippen molar-refractivity contribution in [3.8, 4) is 17.2 Å². The Balaban J connectivity index is 2.37. The summed E-state index contributed by atoms with van der Waals surface area (Å²) in [6, 6.07) is 10.5. The summed E-state index contributed by atoms with van der Waals surface area (Å²) in [4.78, 5) is 12.5. The first-order valence-corrected chi connectivity index (χ1v) is 7.25. The van der Waals surface area contributed by atoms with Crippen LogP contribution < -0.4 is 14.2 Å². The Kier molecular flexibility index (Phi) is 5.66. The highest BCUT2D eigenvalue weighted by molar-refractivity contribution is 6.32. The number of methoxy groups -OCH3 is 3. The molecule has 0 unspecified atom stereocenters. The largest absolute Gasteiger partial charge is 0.496 e. The lowest BCUT2D eigenvalue weighted by Crippen LogP contribution is -2.01. The van der Waals surface area contributed by atoms with Gasteiger partial charge >= 0.3 is 0 Å². The molecule has 0 aliphatic rings. The maximum atomic E-state index is 12.5. The molecule has 0 heterocycles. The van der Waals surface area contributed by atoms with Crippen molar-refractivity contribution in [1.29, 1.82) is 0 Å². The van der Waals surface area contributed by atoms with E-state index in [-0.39, 0.29) is 5.78 Å². The Labute approximate surface area is 140 Å². The number of hydrogen-bond donors (Lipinski definition) is 0. The fraction of sp³-hybridized carbons (Fsp3) is 0.167. The van der Waals surface area contributed by atoms with Crippen molar-refractivity contribution in [3.63, 3.8) is 0 Å². The zero-order valence-corrected chi connectivity index (χ0v) is 13.9. The van der Waals surface area contributed by atoms with E-state index in [1.807, 2.05) is 18.2 Å². The first-order chi connectivity index (χ1) is 11.1. The monoisotopic (exact) mass is 332 g/mol. The number of carbonyl (C=O) groups is 1. The van der Waals surface area contributed by atoms with E-state index in [2.05, 4.69) is 0 Å². The second kappa shape index (κ2) is 7.70. The highest BCUT2D eigenvalue weighted by Crippen LogP contribution is 2.35. The van der Waals surface area contributed by atoms with Crippen LogP contribution in [0, 0.1) is 0 Å². The third kappa shape index (κ3) is 3.85. The van der Waals surface area contributed by atoms with E-state index in [1.165, 1.54) is 27.4 Å². The highest BCUT2D eigenvalue weighted by atomic mass is 35.5. The average Bonchev–Trinajstić information content (AvgIpc) is 2.59. The number of carbonyl (C=O) groups excluding carboxylic acids is 1. The summed E-state index contributed by atoms with van der Waals surface area (Å²) < 4.78 is 15.7. The molecule has 2 rings (SSSR count). The first kappa shape index (κ1) is 16.9. The quantitative estimate of drug-likeness (QED) is 0.585. The van der Waals surface area contributed by atoms with E-state index in [0.29, 0.717) is 27.8 Å². The van der Waals surface area contributed by atoms with Crippen LogP contribution in [0.4, 0.5) is 0 Å². The van der Waals surface area contributed by atoms with Crippen molar-refractivity contribution in [2.45, 2.75) is 0 Å². The Hall–Kier alpha value is -2.46. The standard InChI is InChI=1S/C18H17ClO4/c1-21-16-11-18(23-3)17(22-2)10-13(16)15(20)9-8-12-6-4-5-7-14(12)19/h4-11H,1-3H3/b9-8+. The van der Waals surface area contributed by atoms with Gasteiger partial charge in [0.2, 0.25) is 0 Å². The highest BCUT2D eigenvalue weighted by Gasteiger charge is 2.16. The summed E-state index contributed by atoms with van der Waals surface area (Å²) in [6.07, 6.45) is 3.12. The van der Waals surface area contributed by atoms with Gasteiger partial charge in [0.15, 0.2) is 17.3 Å². The SMILES string of the molecule is COc1cc(OC)c(C(=O)/C=C/c2ccccc2Cl)cc1OC. The minimum atomic E-state index is -0.220. The molecule has 0 bridgehead atoms. The Morgan fingerprint density at radius 3 is 2.17 bits per heavy atom. The minimum Gasteiger partial charge on any atom is -0.496 e. The van der Waals surface area contributed by atoms with Gasteiger partial charge in [-0.3, -0.25) is 4.79 Å². The topological polar surface area (TPSA) is 44.8 Å². The zero-order chi connectivity index (χ0) is 16.8. The van der Waals surface area contributed by atoms with Crippen LogP contribution in [0.15, 0.2) is 42.5 Å². The second-order valence-electron chi connectivity index (χ2n) is 4.63. The predicted octanol–water partition coefficient (Wildman–Crippen LogP) is 4.26. The molecule has 0 saturated carbocycles. The van der Waals surface area contributed by atoms with E-state index in [9.17, 15) is 4.79 Å². The zero-order valence-electron chi connectivity index (χ0n) is 13.1. The number of allylic oxidation sites excluding steroid dienone is 1. The molecule has 0 fully saturated rings. The maximum Gasteiger partial charge on any atom is 0.189 e. The molecule has 0 amide bonds. The van der Waals surface area contributed by atoms with Crippen molar-refractivity contribution < 1.29 is 19.0 Å². The van der Waals surface area contributed by atoms with Gasteiger partial charge in [-0.05, 0) is 29.8 Å². The fourth-order valence-electron chi connectivity index (χ4n) is 2.09. The molecule has 0 aliphatic carbocycles. The Morgan fingerprint density at radius 2 is 1.57 bits per heavy atom. The van der Waals surface area contributed by atoms with Crippen molar-refractivity contribution in [2.24, 2.45) is 0 Å². The summed E-state index contributed by atoms with van der Waals surface area (Å²) in [7, 11) is 4.53. The molecule has 2 aromatic carbocycles. The minimum absolute atomic E-state index is 0.220. The fourth-order valence-corrected chi connectivity index (χ4v) is 2.29. The number of ether oxygens (including phenoxy) is 3. The van der Waals surface area contributed by atoms with Gasteiger partial charge in [-0.2, -0.15) is 0 Å². The van der Waals surface area contributed by atoms with Crippen LogP contribution in [0.1, 0.15) is 15.9 Å². The van der Waals surface area contributed by atoms with Gasteiger partial charge in [-0.25, -0.2) is 0 Å². The molecule has 0 aliphatic heterocycles. The Bertz CT molecular complexity index is 738. The molecule has 0 spiro atoms. The van der Waals surface area contributed by atoms with Crippen LogP contribution in [0.3, 0.4) is 0 Å². The number of halogens is 1. The molecule has 0 atom stereocenters. The third-order valence-electron chi connectivity index (χ3n) is 3.29. The van der Waals surface area contributed by atoms with Gasteiger partial charge in [0.25, 0.3) is 0 Å². The van der Waals surface area contributed by atoms with Crippen molar-refractivity contribution >= 4 is 23.5 Å². The number of ketones is 1. The Morgan fingerprint density at radius 1 is 0.957 bits per heavy atom. The normalized spacial score (nSPS) is 10.6. The molecule has 5 heteroatoms. The van der Waals surface area contributed by atoms with Crippen LogP contribution >= 0.6 is 11.6 Å². The second-order valence-corrected chi connectivity index (χ2v) is 5.03. The van der Waals surface area contributed by atoms with Gasteiger partial charge in [-0.15, -0.1) is 0 Å². The lowest BCUT2D eigenvalue weighted by molar-refractivity contribution is 0.104. The summed E-state index contributed by atoms with van der Waals surface area (Å²) in [5, 5.41) is 0.579. The smallest absolute Gasteiger partial charge is 0.189 e. The molecule has 0 N–H and O–H groups in total. The number of hydrogen-bond acceptors (Lipinski definition) is 4. The summed E-state index contributed by atoms with van der Waals surface area (Å²) in [5.74, 6) is 1.15. The number of rotatable bonds is 6. The van der Waals surface area contributed by atoms with E-state index < -0.39 is 0 Å². The first-order valence-electron chi connectivity index (χ1n) is 6.87. The lowest BCUT2D eigenvalue weighted by Gasteiger charge is -2.12. The van der Waals surface area contributed by atoms with Crippen molar-refractivity contribution in [2.75, 3.05) is 21.3 Å². The molecular formula is C18H17ClO4. The van der Waals surface area contributed by atoms with E-state index in [1.54, 1.807) is 24.3 Å². The van der Waals surface area contributed by atoms with E-state index >= 15 is 0 Å². The van der Waals surface area contributed by atoms with Crippen LogP contribution in [-0.2, 0) is 0 Å². The van der Waals surface area contributed by atoms with Gasteiger partial charge in [0.05, 0.1) is 26.9 Å². The lowest BCUT2D eigenvalue weighted by atomic mass is 10.1. The van der Waals surface area contributed by atoms with Crippen LogP contribution in [0.2, 0.25) is 5.02 Å². The van der Waals surface area contributed by atoms with Crippen LogP contribution in [0.25, 0.3) is 6.08 Å².